The molecule has 6 heteroatoms. The highest BCUT2D eigenvalue weighted by Crippen LogP contribution is 2.16. The zero-order valence-electron chi connectivity index (χ0n) is 9.70. The first-order valence-electron chi connectivity index (χ1n) is 5.21. The molecule has 94 valence electrons. The van der Waals surface area contributed by atoms with E-state index >= 15 is 0 Å². The third-order valence-corrected chi connectivity index (χ3v) is 2.65. The predicted octanol–water partition coefficient (Wildman–Crippen LogP) is 2.01. The number of pyridine rings is 1. The molecule has 0 bridgehead atoms. The Labute approximate surface area is 104 Å². The fourth-order valence-corrected chi connectivity index (χ4v) is 1.33. The number of carboxylic acids is 1. The van der Waals surface area contributed by atoms with Crippen LogP contribution in [0, 0.1) is 0 Å². The second-order valence-electron chi connectivity index (χ2n) is 4.07. The van der Waals surface area contributed by atoms with Gasteiger partial charge < -0.3 is 15.5 Å². The molecule has 1 atom stereocenters. The Balaban J connectivity index is 2.81. The van der Waals surface area contributed by atoms with Gasteiger partial charge in [0.2, 0.25) is 0 Å². The zero-order chi connectivity index (χ0) is 13.1. The molecule has 1 aromatic rings. The van der Waals surface area contributed by atoms with Crippen molar-refractivity contribution >= 4 is 23.4 Å². The summed E-state index contributed by atoms with van der Waals surface area (Å²) in [6.45, 7) is 3.81. The normalized spacial score (nSPS) is 14.1. The summed E-state index contributed by atoms with van der Waals surface area (Å²) in [5, 5.41) is 21.6. The molecule has 0 amide bonds. The molecule has 0 saturated heterocycles. The van der Waals surface area contributed by atoms with Crippen molar-refractivity contribution in [2.24, 2.45) is 0 Å². The molecule has 1 heterocycles. The van der Waals surface area contributed by atoms with Crippen LogP contribution in [0.25, 0.3) is 0 Å². The lowest BCUT2D eigenvalue weighted by Crippen LogP contribution is -2.32. The van der Waals surface area contributed by atoms with Gasteiger partial charge in [0.05, 0.1) is 11.2 Å². The number of carboxylic acid groups (broad SMARTS) is 1. The molecule has 3 N–H and O–H groups in total. The number of nitrogens with zero attached hydrogens (tertiary/aromatic N) is 1. The number of aliphatic hydroxyl groups is 1. The van der Waals surface area contributed by atoms with Gasteiger partial charge in [-0.05, 0) is 25.5 Å². The molecule has 0 saturated carbocycles. The van der Waals surface area contributed by atoms with Crippen LogP contribution in [0.15, 0.2) is 12.1 Å². The Morgan fingerprint density at radius 1 is 1.59 bits per heavy atom. The van der Waals surface area contributed by atoms with Crippen LogP contribution >= 0.6 is 11.6 Å². The average molecular weight is 259 g/mol. The first kappa shape index (κ1) is 13.7. The lowest BCUT2D eigenvalue weighted by Gasteiger charge is -2.21. The van der Waals surface area contributed by atoms with Crippen molar-refractivity contribution in [1.82, 2.24) is 4.98 Å². The summed E-state index contributed by atoms with van der Waals surface area (Å²) in [5.41, 5.74) is -0.809. The Bertz CT molecular complexity index is 421. The van der Waals surface area contributed by atoms with E-state index in [1.807, 2.05) is 6.92 Å². The number of nitrogens with one attached hydrogen (secondary N) is 1. The molecule has 1 aromatic heterocycles. The first-order chi connectivity index (χ1) is 7.84. The van der Waals surface area contributed by atoms with Crippen LogP contribution in [0.3, 0.4) is 0 Å². The van der Waals surface area contributed by atoms with Crippen LogP contribution in [-0.2, 0) is 0 Å². The van der Waals surface area contributed by atoms with E-state index in [2.05, 4.69) is 10.3 Å². The van der Waals surface area contributed by atoms with Crippen LogP contribution in [0.2, 0.25) is 5.15 Å². The lowest BCUT2D eigenvalue weighted by molar-refractivity contribution is 0.0693. The third-order valence-electron chi connectivity index (χ3n) is 2.45. The Kier molecular flexibility index (Phi) is 4.31. The molecule has 0 aliphatic carbocycles. The van der Waals surface area contributed by atoms with Crippen molar-refractivity contribution < 1.29 is 15.0 Å². The molecule has 5 nitrogen and oxygen atoms in total. The van der Waals surface area contributed by atoms with E-state index in [0.29, 0.717) is 12.2 Å². The standard InChI is InChI=1S/C11H15ClN2O3/c1-3-11(2,17)6-13-9-5-7(10(15)16)4-8(12)14-9/h4-5,17H,3,6H2,1-2H3,(H,13,14)(H,15,16). The van der Waals surface area contributed by atoms with Crippen LogP contribution in [0.5, 0.6) is 0 Å². The molecule has 0 aromatic carbocycles. The lowest BCUT2D eigenvalue weighted by atomic mass is 10.0. The van der Waals surface area contributed by atoms with Crippen molar-refractivity contribution in [1.29, 1.82) is 0 Å². The summed E-state index contributed by atoms with van der Waals surface area (Å²) in [7, 11) is 0. The quantitative estimate of drug-likeness (QED) is 0.704. The van der Waals surface area contributed by atoms with Gasteiger partial charge in [-0.3, -0.25) is 0 Å². The Hall–Kier alpha value is -1.33. The molecule has 0 aliphatic rings. The molecular formula is C11H15ClN2O3. The second-order valence-corrected chi connectivity index (χ2v) is 4.46. The minimum atomic E-state index is -1.07. The van der Waals surface area contributed by atoms with E-state index in [9.17, 15) is 9.90 Å². The minimum absolute atomic E-state index is 0.0589. The first-order valence-corrected chi connectivity index (χ1v) is 5.59. The van der Waals surface area contributed by atoms with Crippen molar-refractivity contribution in [2.45, 2.75) is 25.9 Å². The summed E-state index contributed by atoms with van der Waals surface area (Å²) >= 11 is 5.70. The van der Waals surface area contributed by atoms with E-state index in [4.69, 9.17) is 16.7 Å². The highest BCUT2D eigenvalue weighted by atomic mass is 35.5. The van der Waals surface area contributed by atoms with Gasteiger partial charge in [-0.25, -0.2) is 9.78 Å². The Morgan fingerprint density at radius 2 is 2.24 bits per heavy atom. The number of anilines is 1. The fourth-order valence-electron chi connectivity index (χ4n) is 1.12. The maximum Gasteiger partial charge on any atom is 0.335 e. The summed E-state index contributed by atoms with van der Waals surface area (Å²) in [6.07, 6.45) is 0.576. The monoisotopic (exact) mass is 258 g/mol. The number of hydrogen-bond acceptors (Lipinski definition) is 4. The summed E-state index contributed by atoms with van der Waals surface area (Å²) < 4.78 is 0. The molecule has 0 radical (unpaired) electrons. The van der Waals surface area contributed by atoms with E-state index in [1.165, 1.54) is 12.1 Å². The maximum atomic E-state index is 10.8. The number of carbonyl (C=O) groups is 1. The van der Waals surface area contributed by atoms with Gasteiger partial charge in [0, 0.05) is 6.54 Å². The summed E-state index contributed by atoms with van der Waals surface area (Å²) in [6, 6.07) is 2.65. The van der Waals surface area contributed by atoms with E-state index in [0.717, 1.165) is 0 Å². The molecule has 1 unspecified atom stereocenters. The second kappa shape index (κ2) is 5.33. The Morgan fingerprint density at radius 3 is 2.76 bits per heavy atom. The van der Waals surface area contributed by atoms with Crippen LogP contribution in [0.1, 0.15) is 30.6 Å². The van der Waals surface area contributed by atoms with Gasteiger partial charge in [-0.15, -0.1) is 0 Å². The smallest absolute Gasteiger partial charge is 0.335 e. The average Bonchev–Trinajstić information content (AvgIpc) is 2.26. The van der Waals surface area contributed by atoms with Crippen molar-refractivity contribution in [3.05, 3.63) is 22.8 Å². The number of rotatable bonds is 5. The highest BCUT2D eigenvalue weighted by molar-refractivity contribution is 6.29. The number of aromatic carboxylic acids is 1. The van der Waals surface area contributed by atoms with Crippen molar-refractivity contribution in [3.8, 4) is 0 Å². The zero-order valence-corrected chi connectivity index (χ0v) is 10.5. The van der Waals surface area contributed by atoms with Crippen LogP contribution in [-0.4, -0.2) is 33.3 Å². The van der Waals surface area contributed by atoms with Gasteiger partial charge in [-0.2, -0.15) is 0 Å². The van der Waals surface area contributed by atoms with E-state index in [1.54, 1.807) is 6.92 Å². The largest absolute Gasteiger partial charge is 0.478 e. The van der Waals surface area contributed by atoms with E-state index in [-0.39, 0.29) is 17.3 Å². The molecule has 0 fully saturated rings. The molecule has 17 heavy (non-hydrogen) atoms. The summed E-state index contributed by atoms with van der Waals surface area (Å²) in [4.78, 5) is 14.7. The molecule has 0 spiro atoms. The van der Waals surface area contributed by atoms with Crippen molar-refractivity contribution in [2.75, 3.05) is 11.9 Å². The highest BCUT2D eigenvalue weighted by Gasteiger charge is 2.17. The van der Waals surface area contributed by atoms with Gasteiger partial charge >= 0.3 is 5.97 Å². The minimum Gasteiger partial charge on any atom is -0.478 e. The third kappa shape index (κ3) is 4.20. The van der Waals surface area contributed by atoms with Crippen LogP contribution in [0.4, 0.5) is 5.82 Å². The van der Waals surface area contributed by atoms with E-state index < -0.39 is 11.6 Å². The molecule has 0 aliphatic heterocycles. The number of halogens is 1. The molecule has 1 rings (SSSR count). The maximum absolute atomic E-state index is 10.8. The van der Waals surface area contributed by atoms with Gasteiger partial charge in [-0.1, -0.05) is 18.5 Å². The topological polar surface area (TPSA) is 82.5 Å². The summed E-state index contributed by atoms with van der Waals surface area (Å²) in [5.74, 6) is -0.733. The number of aromatic nitrogens is 1. The predicted molar refractivity (Wildman–Crippen MR) is 65.6 cm³/mol. The van der Waals surface area contributed by atoms with Gasteiger partial charge in [0.1, 0.15) is 11.0 Å². The SMILES string of the molecule is CCC(C)(O)CNc1cc(C(=O)O)cc(Cl)n1. The van der Waals surface area contributed by atoms with Gasteiger partial charge in [0.25, 0.3) is 0 Å². The number of hydrogen-bond donors (Lipinski definition) is 3. The molecular weight excluding hydrogens is 244 g/mol. The van der Waals surface area contributed by atoms with Crippen molar-refractivity contribution in [3.63, 3.8) is 0 Å². The fraction of sp³-hybridized carbons (Fsp3) is 0.455. The van der Waals surface area contributed by atoms with Crippen LogP contribution < -0.4 is 5.32 Å². The van der Waals surface area contributed by atoms with Gasteiger partial charge in [0.15, 0.2) is 0 Å².